The number of thiol groups is 1. The van der Waals surface area contributed by atoms with E-state index in [0.29, 0.717) is 16.7 Å². The molecule has 0 bridgehead atoms. The lowest BCUT2D eigenvalue weighted by molar-refractivity contribution is -0.118. The van der Waals surface area contributed by atoms with Crippen molar-refractivity contribution < 1.29 is 18.3 Å². The number of carbonyl (C=O) groups excluding carboxylic acids is 1. The Hall–Kier alpha value is -1.77. The summed E-state index contributed by atoms with van der Waals surface area (Å²) < 4.78 is 21.8. The van der Waals surface area contributed by atoms with Gasteiger partial charge in [0.15, 0.2) is 5.13 Å². The zero-order valence-electron chi connectivity index (χ0n) is 15.0. The van der Waals surface area contributed by atoms with Gasteiger partial charge in [-0.2, -0.15) is 0 Å². The maximum Gasteiger partial charge on any atom is 0.233 e. The number of thiazole rings is 1. The number of rotatable bonds is 8. The molecule has 0 spiro atoms. The van der Waals surface area contributed by atoms with E-state index in [1.54, 1.807) is 17.5 Å². The number of aliphatic hydroxyl groups is 1. The van der Waals surface area contributed by atoms with Crippen LogP contribution in [0.1, 0.15) is 54.8 Å². The Bertz CT molecular complexity index is 832. The molecular formula is C19H24N2O4S2. The molecule has 1 aromatic carbocycles. The Balaban J connectivity index is 1.77. The van der Waals surface area contributed by atoms with Gasteiger partial charge in [-0.1, -0.05) is 49.9 Å². The molecule has 0 saturated heterocycles. The molecule has 2 aromatic rings. The topological polar surface area (TPSA) is 96.4 Å². The molecule has 0 aliphatic heterocycles. The number of nitrogens with zero attached hydrogens (tertiary/aromatic N) is 1. The fourth-order valence-electron chi connectivity index (χ4n) is 3.61. The number of carbonyl (C=O) groups is 1. The molecule has 1 aromatic heterocycles. The monoisotopic (exact) mass is 408 g/mol. The molecule has 1 aliphatic carbocycles. The van der Waals surface area contributed by atoms with Crippen molar-refractivity contribution in [2.75, 3.05) is 5.32 Å². The molecule has 2 N–H and O–H groups in total. The first-order chi connectivity index (χ1) is 13.0. The maximum absolute atomic E-state index is 13.0. The number of anilines is 1. The second-order valence-corrected chi connectivity index (χ2v) is 8.80. The zero-order chi connectivity index (χ0) is 19.2. The van der Waals surface area contributed by atoms with Crippen molar-refractivity contribution >= 4 is 33.1 Å². The van der Waals surface area contributed by atoms with Gasteiger partial charge in [0, 0.05) is 5.38 Å². The predicted molar refractivity (Wildman–Crippen MR) is 106 cm³/mol. The molecule has 27 heavy (non-hydrogen) atoms. The van der Waals surface area contributed by atoms with Crippen LogP contribution in [0, 0.1) is 5.92 Å². The van der Waals surface area contributed by atoms with Crippen molar-refractivity contribution in [2.24, 2.45) is 5.92 Å². The van der Waals surface area contributed by atoms with Crippen LogP contribution in [-0.2, 0) is 27.9 Å². The van der Waals surface area contributed by atoms with E-state index < -0.39 is 10.7 Å². The van der Waals surface area contributed by atoms with Crippen molar-refractivity contribution in [1.29, 1.82) is 0 Å². The third-order valence-electron chi connectivity index (χ3n) is 5.00. The van der Waals surface area contributed by atoms with Crippen molar-refractivity contribution in [2.45, 2.75) is 50.4 Å². The molecule has 1 unspecified atom stereocenters. The van der Waals surface area contributed by atoms with E-state index in [1.165, 1.54) is 24.2 Å². The third-order valence-corrected chi connectivity index (χ3v) is 6.43. The summed E-state index contributed by atoms with van der Waals surface area (Å²) in [6, 6.07) is 7.27. The van der Waals surface area contributed by atoms with Gasteiger partial charge in [-0.05, 0) is 23.5 Å². The van der Waals surface area contributed by atoms with E-state index in [4.69, 9.17) is 5.11 Å². The van der Waals surface area contributed by atoms with E-state index in [-0.39, 0.29) is 24.2 Å². The van der Waals surface area contributed by atoms with Crippen LogP contribution >= 0.6 is 11.3 Å². The van der Waals surface area contributed by atoms with Crippen molar-refractivity contribution in [3.05, 3.63) is 46.5 Å². The highest BCUT2D eigenvalue weighted by Crippen LogP contribution is 2.35. The molecule has 6 nitrogen and oxygen atoms in total. The fraction of sp³-hybridized carbons (Fsp3) is 0.474. The summed E-state index contributed by atoms with van der Waals surface area (Å²) in [5.41, 5.74) is 2.16. The Morgan fingerprint density at radius 1 is 1.26 bits per heavy atom. The lowest BCUT2D eigenvalue weighted by Crippen LogP contribution is -2.23. The highest BCUT2D eigenvalue weighted by molar-refractivity contribution is 7.71. The minimum atomic E-state index is -2.46. The molecule has 1 amide bonds. The van der Waals surface area contributed by atoms with Gasteiger partial charge in [-0.15, -0.1) is 11.3 Å². The number of hydrogen-bond donors (Lipinski definition) is 3. The highest BCUT2D eigenvalue weighted by Gasteiger charge is 2.27. The molecular weight excluding hydrogens is 384 g/mol. The van der Waals surface area contributed by atoms with Crippen LogP contribution in [-0.4, -0.2) is 24.4 Å². The van der Waals surface area contributed by atoms with Gasteiger partial charge in [-0.25, -0.2) is 13.4 Å². The second kappa shape index (κ2) is 9.43. The first-order valence-electron chi connectivity index (χ1n) is 9.12. The van der Waals surface area contributed by atoms with Crippen LogP contribution < -0.4 is 5.32 Å². The quantitative estimate of drug-likeness (QED) is 0.584. The summed E-state index contributed by atoms with van der Waals surface area (Å²) in [5, 5.41) is 14.2. The fourth-order valence-corrected chi connectivity index (χ4v) is 4.82. The Labute approximate surface area is 164 Å². The molecule has 1 aliphatic rings. The van der Waals surface area contributed by atoms with Crippen LogP contribution in [0.4, 0.5) is 5.13 Å². The summed E-state index contributed by atoms with van der Waals surface area (Å²) in [6.45, 7) is -0.151. The predicted octanol–water partition coefficient (Wildman–Crippen LogP) is 3.05. The number of aromatic nitrogens is 1. The number of hydrogen-bond acceptors (Lipinski definition) is 6. The number of aliphatic hydroxyl groups excluding tert-OH is 1. The summed E-state index contributed by atoms with van der Waals surface area (Å²) >= 11 is 1.30. The van der Waals surface area contributed by atoms with E-state index in [9.17, 15) is 13.2 Å². The smallest absolute Gasteiger partial charge is 0.233 e. The molecule has 8 heteroatoms. The lowest BCUT2D eigenvalue weighted by atomic mass is 9.87. The Morgan fingerprint density at radius 3 is 2.56 bits per heavy atom. The van der Waals surface area contributed by atoms with Gasteiger partial charge in [0.1, 0.15) is 10.7 Å². The Morgan fingerprint density at radius 2 is 1.96 bits per heavy atom. The first kappa shape index (κ1) is 20.0. The molecule has 0 radical (unpaired) electrons. The Kier molecular flexibility index (Phi) is 6.98. The second-order valence-electron chi connectivity index (χ2n) is 6.96. The van der Waals surface area contributed by atoms with E-state index >= 15 is 0 Å². The molecule has 1 heterocycles. The summed E-state index contributed by atoms with van der Waals surface area (Å²) in [5.74, 6) is 0.131. The largest absolute Gasteiger partial charge is 0.390 e. The van der Waals surface area contributed by atoms with Gasteiger partial charge in [0.05, 0.1) is 24.0 Å². The van der Waals surface area contributed by atoms with E-state index in [0.717, 1.165) is 30.4 Å². The van der Waals surface area contributed by atoms with Crippen molar-refractivity contribution in [3.63, 3.8) is 0 Å². The van der Waals surface area contributed by atoms with Crippen LogP contribution in [0.5, 0.6) is 0 Å². The minimum absolute atomic E-state index is 0.0121. The van der Waals surface area contributed by atoms with Gasteiger partial charge in [0.25, 0.3) is 0 Å². The lowest BCUT2D eigenvalue weighted by Gasteiger charge is -2.20. The van der Waals surface area contributed by atoms with E-state index in [1.807, 2.05) is 12.1 Å². The van der Waals surface area contributed by atoms with Gasteiger partial charge in [-0.3, -0.25) is 4.79 Å². The van der Waals surface area contributed by atoms with Crippen LogP contribution in [0.3, 0.4) is 0 Å². The van der Waals surface area contributed by atoms with Crippen molar-refractivity contribution in [3.8, 4) is 0 Å². The van der Waals surface area contributed by atoms with Gasteiger partial charge < -0.3 is 10.4 Å². The van der Waals surface area contributed by atoms with Gasteiger partial charge >= 0.3 is 0 Å². The van der Waals surface area contributed by atoms with Crippen LogP contribution in [0.2, 0.25) is 0 Å². The number of benzene rings is 1. The molecule has 1 atom stereocenters. The third kappa shape index (κ3) is 5.60. The average Bonchev–Trinajstić information content (AvgIpc) is 3.31. The molecule has 146 valence electrons. The van der Waals surface area contributed by atoms with Crippen LogP contribution in [0.25, 0.3) is 0 Å². The highest BCUT2D eigenvalue weighted by atomic mass is 32.2. The number of nitrogens with one attached hydrogen (secondary N) is 1. The molecule has 1 fully saturated rings. The molecule has 3 rings (SSSR count). The van der Waals surface area contributed by atoms with E-state index in [2.05, 4.69) is 10.3 Å². The average molecular weight is 409 g/mol. The van der Waals surface area contributed by atoms with Crippen molar-refractivity contribution in [1.82, 2.24) is 4.98 Å². The molecule has 1 saturated carbocycles. The minimum Gasteiger partial charge on any atom is -0.390 e. The SMILES string of the molecule is O=C(Nc1nc(CO)cs1)C(CC1CCCC1)c1ccc(C[SH](=O)=O)cc1. The normalized spacial score (nSPS) is 15.9. The number of amides is 1. The summed E-state index contributed by atoms with van der Waals surface area (Å²) in [7, 11) is -2.46. The first-order valence-corrected chi connectivity index (χ1v) is 11.4. The standard InChI is InChI=1S/C19H24N2O4S2/c22-10-16-11-26-19(20-16)21-18(23)17(9-13-3-1-2-4-13)15-7-5-14(6-8-15)12-27(24)25/h5-8,11,13,17,22,27H,1-4,9-10,12H2,(H,20,21,23). The van der Waals surface area contributed by atoms with Crippen LogP contribution in [0.15, 0.2) is 29.6 Å². The maximum atomic E-state index is 13.0. The summed E-state index contributed by atoms with van der Waals surface area (Å²) in [6.07, 6.45) is 5.48. The zero-order valence-corrected chi connectivity index (χ0v) is 16.7. The summed E-state index contributed by atoms with van der Waals surface area (Å²) in [4.78, 5) is 17.2. The van der Waals surface area contributed by atoms with Gasteiger partial charge in [0.2, 0.25) is 5.91 Å².